The number of nitrogens with two attached hydrogens (primary N) is 1. The molecule has 3 rings (SSSR count). The fourth-order valence-electron chi connectivity index (χ4n) is 3.15. The molecule has 0 amide bonds. The van der Waals surface area contributed by atoms with Crippen LogP contribution in [0.5, 0.6) is 0 Å². The Morgan fingerprint density at radius 1 is 1.17 bits per heavy atom. The van der Waals surface area contributed by atoms with E-state index in [2.05, 4.69) is 22.8 Å². The lowest BCUT2D eigenvalue weighted by Gasteiger charge is -2.34. The molecule has 2 nitrogen and oxygen atoms in total. The fraction of sp³-hybridized carbons (Fsp3) is 0.467. The van der Waals surface area contributed by atoms with Crippen molar-refractivity contribution in [3.8, 4) is 0 Å². The molecular weight excluding hydrogens is 244 g/mol. The fourth-order valence-corrected chi connectivity index (χ4v) is 3.56. The summed E-state index contributed by atoms with van der Waals surface area (Å²) in [6.45, 7) is 0. The van der Waals surface area contributed by atoms with Crippen LogP contribution in [0.25, 0.3) is 10.9 Å². The summed E-state index contributed by atoms with van der Waals surface area (Å²) < 4.78 is 2.09. The molecule has 0 spiro atoms. The molecule has 1 saturated carbocycles. The van der Waals surface area contributed by atoms with Gasteiger partial charge in [0.25, 0.3) is 0 Å². The first kappa shape index (κ1) is 12.1. The smallest absolute Gasteiger partial charge is 0.0550 e. The van der Waals surface area contributed by atoms with Crippen LogP contribution in [0.15, 0.2) is 24.4 Å². The van der Waals surface area contributed by atoms with Gasteiger partial charge in [-0.15, -0.1) is 0 Å². The number of aryl methyl sites for hydroxylation is 1. The van der Waals surface area contributed by atoms with Gasteiger partial charge in [0.15, 0.2) is 0 Å². The predicted molar refractivity (Wildman–Crippen MR) is 76.9 cm³/mol. The highest BCUT2D eigenvalue weighted by Crippen LogP contribution is 2.40. The van der Waals surface area contributed by atoms with Crippen molar-refractivity contribution in [3.63, 3.8) is 0 Å². The van der Waals surface area contributed by atoms with Crippen LogP contribution in [0, 0.1) is 0 Å². The minimum atomic E-state index is -0.223. The number of rotatable bonds is 1. The van der Waals surface area contributed by atoms with E-state index in [-0.39, 0.29) is 5.54 Å². The number of fused-ring (bicyclic) bond motifs is 1. The van der Waals surface area contributed by atoms with Crippen LogP contribution >= 0.6 is 11.6 Å². The zero-order chi connectivity index (χ0) is 12.8. The summed E-state index contributed by atoms with van der Waals surface area (Å²) in [6, 6.07) is 6.34. The van der Waals surface area contributed by atoms with Gasteiger partial charge in [-0.2, -0.15) is 0 Å². The Kier molecular flexibility index (Phi) is 2.87. The van der Waals surface area contributed by atoms with Crippen molar-refractivity contribution in [3.05, 3.63) is 35.0 Å². The Balaban J connectivity index is 2.14. The Labute approximate surface area is 113 Å². The first-order chi connectivity index (χ1) is 8.62. The summed E-state index contributed by atoms with van der Waals surface area (Å²) in [5.41, 5.74) is 8.66. The first-order valence-corrected chi connectivity index (χ1v) is 7.02. The third-order valence-electron chi connectivity index (χ3n) is 4.28. The van der Waals surface area contributed by atoms with Crippen molar-refractivity contribution >= 4 is 22.5 Å². The number of aromatic nitrogens is 1. The maximum absolute atomic E-state index is 6.59. The van der Waals surface area contributed by atoms with Crippen molar-refractivity contribution < 1.29 is 0 Å². The molecule has 1 aromatic carbocycles. The molecular formula is C15H19ClN2. The Bertz CT molecular complexity index is 579. The van der Waals surface area contributed by atoms with Crippen LogP contribution in [-0.4, -0.2) is 4.57 Å². The monoisotopic (exact) mass is 262 g/mol. The molecule has 96 valence electrons. The molecule has 0 aliphatic heterocycles. The highest BCUT2D eigenvalue weighted by Gasteiger charge is 2.31. The average Bonchev–Trinajstić information content (AvgIpc) is 2.73. The Morgan fingerprint density at radius 3 is 2.61 bits per heavy atom. The second-order valence-corrected chi connectivity index (χ2v) is 5.88. The lowest BCUT2D eigenvalue weighted by molar-refractivity contribution is 0.302. The summed E-state index contributed by atoms with van der Waals surface area (Å²) in [5, 5.41) is 1.96. The molecule has 0 atom stereocenters. The van der Waals surface area contributed by atoms with Gasteiger partial charge in [0.2, 0.25) is 0 Å². The second kappa shape index (κ2) is 4.29. The van der Waals surface area contributed by atoms with Crippen LogP contribution in [0.3, 0.4) is 0 Å². The highest BCUT2D eigenvalue weighted by molar-refractivity contribution is 6.36. The van der Waals surface area contributed by atoms with Crippen molar-refractivity contribution in [1.29, 1.82) is 0 Å². The average molecular weight is 263 g/mol. The van der Waals surface area contributed by atoms with Crippen LogP contribution in [0.1, 0.15) is 37.7 Å². The maximum atomic E-state index is 6.59. The molecule has 1 fully saturated rings. The topological polar surface area (TPSA) is 30.9 Å². The summed E-state index contributed by atoms with van der Waals surface area (Å²) in [6.07, 6.45) is 7.85. The van der Waals surface area contributed by atoms with Crippen molar-refractivity contribution in [2.45, 2.75) is 37.6 Å². The van der Waals surface area contributed by atoms with Gasteiger partial charge in [0.1, 0.15) is 0 Å². The summed E-state index contributed by atoms with van der Waals surface area (Å²) in [5.74, 6) is 0. The predicted octanol–water partition coefficient (Wildman–Crippen LogP) is 3.95. The van der Waals surface area contributed by atoms with Gasteiger partial charge in [-0.05, 0) is 30.5 Å². The van der Waals surface area contributed by atoms with E-state index in [9.17, 15) is 0 Å². The van der Waals surface area contributed by atoms with Crippen molar-refractivity contribution in [2.24, 2.45) is 12.8 Å². The van der Waals surface area contributed by atoms with E-state index in [0.29, 0.717) is 0 Å². The minimum Gasteiger partial charge on any atom is -0.351 e. The van der Waals surface area contributed by atoms with Crippen molar-refractivity contribution in [1.82, 2.24) is 4.57 Å². The summed E-state index contributed by atoms with van der Waals surface area (Å²) in [7, 11) is 2.04. The first-order valence-electron chi connectivity index (χ1n) is 6.65. The standard InChI is InChI=1S/C15H19ClN2/c1-18-10-7-11-13(18)6-5-12(14(11)16)15(17)8-3-2-4-9-15/h5-7,10H,2-4,8-9,17H2,1H3. The zero-order valence-corrected chi connectivity index (χ0v) is 11.5. The van der Waals surface area contributed by atoms with Crippen molar-refractivity contribution in [2.75, 3.05) is 0 Å². The molecule has 3 heteroatoms. The molecule has 2 aromatic rings. The molecule has 18 heavy (non-hydrogen) atoms. The van der Waals surface area contributed by atoms with Gasteiger partial charge in [-0.1, -0.05) is 36.9 Å². The Morgan fingerprint density at radius 2 is 1.89 bits per heavy atom. The molecule has 1 aromatic heterocycles. The van der Waals surface area contributed by atoms with Gasteiger partial charge in [0, 0.05) is 29.7 Å². The van der Waals surface area contributed by atoms with Gasteiger partial charge in [-0.3, -0.25) is 0 Å². The van der Waals surface area contributed by atoms with E-state index in [1.54, 1.807) is 0 Å². The van der Waals surface area contributed by atoms with Gasteiger partial charge < -0.3 is 10.3 Å². The maximum Gasteiger partial charge on any atom is 0.0550 e. The third-order valence-corrected chi connectivity index (χ3v) is 4.69. The molecule has 1 heterocycles. The molecule has 0 unspecified atom stereocenters. The molecule has 1 aliphatic rings. The van der Waals surface area contributed by atoms with Gasteiger partial charge >= 0.3 is 0 Å². The van der Waals surface area contributed by atoms with Crippen LogP contribution < -0.4 is 5.73 Å². The lowest BCUT2D eigenvalue weighted by Crippen LogP contribution is -2.38. The molecule has 1 aliphatic carbocycles. The zero-order valence-electron chi connectivity index (χ0n) is 10.7. The number of benzene rings is 1. The van der Waals surface area contributed by atoms with E-state index in [1.807, 2.05) is 13.2 Å². The number of halogens is 1. The third kappa shape index (κ3) is 1.75. The minimum absolute atomic E-state index is 0.223. The summed E-state index contributed by atoms with van der Waals surface area (Å²) in [4.78, 5) is 0. The van der Waals surface area contributed by atoms with E-state index in [0.717, 1.165) is 28.8 Å². The van der Waals surface area contributed by atoms with E-state index in [1.165, 1.54) is 24.8 Å². The summed E-state index contributed by atoms with van der Waals surface area (Å²) >= 11 is 6.58. The van der Waals surface area contributed by atoms with Gasteiger partial charge in [-0.25, -0.2) is 0 Å². The number of nitrogens with zero attached hydrogens (tertiary/aromatic N) is 1. The van der Waals surface area contributed by atoms with Crippen LogP contribution in [-0.2, 0) is 12.6 Å². The Hall–Kier alpha value is -0.990. The SMILES string of the molecule is Cn1ccc2c(Cl)c(C3(N)CCCCC3)ccc21. The van der Waals surface area contributed by atoms with Crippen LogP contribution in [0.4, 0.5) is 0 Å². The normalized spacial score (nSPS) is 19.3. The van der Waals surface area contributed by atoms with Gasteiger partial charge in [0.05, 0.1) is 5.02 Å². The number of hydrogen-bond acceptors (Lipinski definition) is 1. The second-order valence-electron chi connectivity index (χ2n) is 5.50. The molecule has 0 bridgehead atoms. The molecule has 0 radical (unpaired) electrons. The highest BCUT2D eigenvalue weighted by atomic mass is 35.5. The molecule has 0 saturated heterocycles. The number of hydrogen-bond donors (Lipinski definition) is 1. The lowest BCUT2D eigenvalue weighted by atomic mass is 9.77. The van der Waals surface area contributed by atoms with Crippen LogP contribution in [0.2, 0.25) is 5.02 Å². The van der Waals surface area contributed by atoms with E-state index < -0.39 is 0 Å². The largest absolute Gasteiger partial charge is 0.351 e. The van der Waals surface area contributed by atoms with E-state index >= 15 is 0 Å². The quantitative estimate of drug-likeness (QED) is 0.829. The van der Waals surface area contributed by atoms with E-state index in [4.69, 9.17) is 17.3 Å². The molecule has 2 N–H and O–H groups in total.